The molecule has 34 heavy (non-hydrogen) atoms. The van der Waals surface area contributed by atoms with Crippen LogP contribution in [-0.2, 0) is 6.61 Å². The molecule has 1 heterocycles. The number of carbonyl (C=O) groups excluding carboxylic acids is 1. The number of hydrogen-bond donors (Lipinski definition) is 2. The highest BCUT2D eigenvalue weighted by Gasteiger charge is 2.11. The zero-order valence-electron chi connectivity index (χ0n) is 19.4. The Morgan fingerprint density at radius 3 is 2.18 bits per heavy atom. The molecule has 0 radical (unpaired) electrons. The molecule has 0 aliphatic rings. The highest BCUT2D eigenvalue weighted by Crippen LogP contribution is 2.30. The molecule has 180 valence electrons. The summed E-state index contributed by atoms with van der Waals surface area (Å²) in [6.45, 7) is 2.52. The number of hydrogen-bond acceptors (Lipinski definition) is 6. The summed E-state index contributed by atoms with van der Waals surface area (Å²) >= 11 is 1.45. The average Bonchev–Trinajstić information content (AvgIpc) is 3.34. The number of aldehydes is 1. The van der Waals surface area contributed by atoms with Crippen LogP contribution >= 0.6 is 11.3 Å². The molecule has 0 saturated heterocycles. The fraction of sp³-hybridized carbons (Fsp3) is 0.321. The minimum Gasteiger partial charge on any atom is -0.488 e. The van der Waals surface area contributed by atoms with Gasteiger partial charge in [0.25, 0.3) is 0 Å². The molecule has 3 rings (SSSR count). The lowest BCUT2D eigenvalue weighted by molar-refractivity contribution is 0.112. The van der Waals surface area contributed by atoms with Crippen LogP contribution in [-0.4, -0.2) is 42.8 Å². The van der Waals surface area contributed by atoms with Gasteiger partial charge in [-0.1, -0.05) is 30.3 Å². The van der Waals surface area contributed by atoms with Crippen LogP contribution in [0.1, 0.15) is 51.4 Å². The SMILES string of the molecule is O=Cc1ccc(/C=C/c2ccc(N(CCCCO)CCCCO)cc2OCc2ccccc2)s1. The lowest BCUT2D eigenvalue weighted by Gasteiger charge is -2.26. The maximum absolute atomic E-state index is 11.0. The van der Waals surface area contributed by atoms with Crippen LogP contribution in [0, 0.1) is 0 Å². The summed E-state index contributed by atoms with van der Waals surface area (Å²) in [4.78, 5) is 15.0. The van der Waals surface area contributed by atoms with Crippen molar-refractivity contribution in [1.29, 1.82) is 0 Å². The predicted octanol–water partition coefficient (Wildman–Crippen LogP) is 5.66. The molecule has 3 aromatic rings. The smallest absolute Gasteiger partial charge is 0.160 e. The first-order valence-electron chi connectivity index (χ1n) is 11.7. The zero-order chi connectivity index (χ0) is 24.0. The van der Waals surface area contributed by atoms with Crippen molar-refractivity contribution in [2.45, 2.75) is 32.3 Å². The monoisotopic (exact) mass is 479 g/mol. The highest BCUT2D eigenvalue weighted by atomic mass is 32.1. The lowest BCUT2D eigenvalue weighted by Crippen LogP contribution is -2.26. The van der Waals surface area contributed by atoms with Gasteiger partial charge in [0.1, 0.15) is 12.4 Å². The summed E-state index contributed by atoms with van der Waals surface area (Å²) in [6.07, 6.45) is 8.21. The van der Waals surface area contributed by atoms with Gasteiger partial charge in [0, 0.05) is 48.5 Å². The van der Waals surface area contributed by atoms with Gasteiger partial charge in [0.2, 0.25) is 0 Å². The number of aliphatic hydroxyl groups is 2. The molecule has 0 unspecified atom stereocenters. The number of unbranched alkanes of at least 4 members (excludes halogenated alkanes) is 2. The van der Waals surface area contributed by atoms with Crippen molar-refractivity contribution < 1.29 is 19.7 Å². The van der Waals surface area contributed by atoms with Gasteiger partial charge in [-0.2, -0.15) is 0 Å². The second kappa shape index (κ2) is 14.4. The third kappa shape index (κ3) is 8.13. The Labute approximate surface area is 205 Å². The zero-order valence-corrected chi connectivity index (χ0v) is 20.3. The van der Waals surface area contributed by atoms with Crippen LogP contribution < -0.4 is 9.64 Å². The number of aliphatic hydroxyl groups excluding tert-OH is 2. The first-order chi connectivity index (χ1) is 16.7. The fourth-order valence-corrected chi connectivity index (χ4v) is 4.34. The highest BCUT2D eigenvalue weighted by molar-refractivity contribution is 7.14. The maximum atomic E-state index is 11.0. The first kappa shape index (κ1) is 25.7. The van der Waals surface area contributed by atoms with E-state index >= 15 is 0 Å². The Bertz CT molecular complexity index is 1020. The van der Waals surface area contributed by atoms with Crippen LogP contribution in [0.3, 0.4) is 0 Å². The van der Waals surface area contributed by atoms with E-state index in [0.29, 0.717) is 11.5 Å². The van der Waals surface area contributed by atoms with Crippen LogP contribution in [0.5, 0.6) is 5.75 Å². The Morgan fingerprint density at radius 1 is 0.824 bits per heavy atom. The van der Waals surface area contributed by atoms with E-state index in [1.54, 1.807) is 0 Å². The molecule has 0 spiro atoms. The molecule has 0 fully saturated rings. The van der Waals surface area contributed by atoms with Gasteiger partial charge in [-0.15, -0.1) is 11.3 Å². The molecule has 0 bridgehead atoms. The van der Waals surface area contributed by atoms with E-state index in [0.717, 1.165) is 72.5 Å². The van der Waals surface area contributed by atoms with E-state index in [-0.39, 0.29) is 13.2 Å². The fourth-order valence-electron chi connectivity index (χ4n) is 3.61. The minimum absolute atomic E-state index is 0.189. The second-order valence-electron chi connectivity index (χ2n) is 8.04. The summed E-state index contributed by atoms with van der Waals surface area (Å²) in [7, 11) is 0. The van der Waals surface area contributed by atoms with Gasteiger partial charge in [-0.05, 0) is 67.7 Å². The van der Waals surface area contributed by atoms with Gasteiger partial charge < -0.3 is 19.8 Å². The van der Waals surface area contributed by atoms with Crippen LogP contribution in [0.2, 0.25) is 0 Å². The van der Waals surface area contributed by atoms with Crippen LogP contribution in [0.25, 0.3) is 12.2 Å². The number of carbonyl (C=O) groups is 1. The number of thiophene rings is 1. The lowest BCUT2D eigenvalue weighted by atomic mass is 10.1. The quantitative estimate of drug-likeness (QED) is 0.217. The Morgan fingerprint density at radius 2 is 1.53 bits per heavy atom. The molecule has 0 aliphatic heterocycles. The van der Waals surface area contributed by atoms with E-state index < -0.39 is 0 Å². The molecule has 0 atom stereocenters. The Hall–Kier alpha value is -2.93. The van der Waals surface area contributed by atoms with Crippen molar-refractivity contribution in [3.8, 4) is 5.75 Å². The summed E-state index contributed by atoms with van der Waals surface area (Å²) in [5.41, 5.74) is 3.13. The summed E-state index contributed by atoms with van der Waals surface area (Å²) in [6, 6.07) is 20.1. The van der Waals surface area contributed by atoms with Gasteiger partial charge >= 0.3 is 0 Å². The molecule has 2 aromatic carbocycles. The molecule has 6 heteroatoms. The molecule has 2 N–H and O–H groups in total. The normalized spacial score (nSPS) is 11.1. The molecule has 0 saturated carbocycles. The molecule has 1 aromatic heterocycles. The Kier molecular flexibility index (Phi) is 10.8. The number of nitrogens with zero attached hydrogens (tertiary/aromatic N) is 1. The van der Waals surface area contributed by atoms with Crippen molar-refractivity contribution in [3.63, 3.8) is 0 Å². The second-order valence-corrected chi connectivity index (χ2v) is 9.18. The van der Waals surface area contributed by atoms with Gasteiger partial charge in [0.05, 0.1) is 4.88 Å². The molecule has 0 amide bonds. The molecule has 0 aliphatic carbocycles. The standard InChI is InChI=1S/C28H33NO4S/c30-18-6-4-16-29(17-5-7-19-31)25-12-10-24(11-13-26-14-15-27(21-32)34-26)28(20-25)33-22-23-8-2-1-3-9-23/h1-3,8-15,20-21,30-31H,4-7,16-19,22H2/b13-11+. The minimum atomic E-state index is 0.189. The van der Waals surface area contributed by atoms with Crippen molar-refractivity contribution in [1.82, 2.24) is 0 Å². The predicted molar refractivity (Wildman–Crippen MR) is 141 cm³/mol. The van der Waals surface area contributed by atoms with E-state index in [9.17, 15) is 15.0 Å². The molecular formula is C28H33NO4S. The third-order valence-corrected chi connectivity index (χ3v) is 6.44. The van der Waals surface area contributed by atoms with E-state index in [2.05, 4.69) is 23.1 Å². The summed E-state index contributed by atoms with van der Waals surface area (Å²) < 4.78 is 6.27. The Balaban J connectivity index is 1.85. The number of benzene rings is 2. The van der Waals surface area contributed by atoms with Crippen molar-refractivity contribution in [2.75, 3.05) is 31.2 Å². The average molecular weight is 480 g/mol. The van der Waals surface area contributed by atoms with E-state index in [4.69, 9.17) is 4.74 Å². The first-order valence-corrected chi connectivity index (χ1v) is 12.6. The number of rotatable bonds is 15. The molecular weight excluding hydrogens is 446 g/mol. The molecule has 5 nitrogen and oxygen atoms in total. The topological polar surface area (TPSA) is 70.0 Å². The third-order valence-electron chi connectivity index (χ3n) is 5.46. The van der Waals surface area contributed by atoms with Crippen LogP contribution in [0.4, 0.5) is 5.69 Å². The summed E-state index contributed by atoms with van der Waals surface area (Å²) in [5.74, 6) is 0.791. The maximum Gasteiger partial charge on any atom is 0.160 e. The summed E-state index contributed by atoms with van der Waals surface area (Å²) in [5, 5.41) is 18.4. The van der Waals surface area contributed by atoms with Crippen LogP contribution in [0.15, 0.2) is 60.7 Å². The van der Waals surface area contributed by atoms with Crippen molar-refractivity contribution in [3.05, 3.63) is 81.5 Å². The number of anilines is 1. The number of ether oxygens (including phenoxy) is 1. The van der Waals surface area contributed by atoms with Gasteiger partial charge in [-0.3, -0.25) is 4.79 Å². The van der Waals surface area contributed by atoms with E-state index in [1.165, 1.54) is 11.3 Å². The largest absolute Gasteiger partial charge is 0.488 e. The van der Waals surface area contributed by atoms with Gasteiger partial charge in [0.15, 0.2) is 6.29 Å². The van der Waals surface area contributed by atoms with Crippen molar-refractivity contribution in [2.24, 2.45) is 0 Å². The van der Waals surface area contributed by atoms with Crippen molar-refractivity contribution >= 4 is 35.5 Å². The van der Waals surface area contributed by atoms with Gasteiger partial charge in [-0.25, -0.2) is 0 Å². The van der Waals surface area contributed by atoms with E-state index in [1.807, 2.05) is 54.6 Å².